The number of hydrogen-bond donors (Lipinski definition) is 1. The zero-order valence-corrected chi connectivity index (χ0v) is 14.3. The normalized spacial score (nSPS) is 18.0. The average Bonchev–Trinajstić information content (AvgIpc) is 2.95. The quantitative estimate of drug-likeness (QED) is 0.897. The number of fused-ring (bicyclic) bond motifs is 1. The molecule has 2 heterocycles. The molecular formula is C16H17F3N4O3. The molecule has 0 bridgehead atoms. The maximum atomic E-state index is 13.5. The summed E-state index contributed by atoms with van der Waals surface area (Å²) in [5, 5.41) is 4.03. The maximum Gasteiger partial charge on any atom is 0.449 e. The van der Waals surface area contributed by atoms with Crippen LogP contribution in [0.3, 0.4) is 0 Å². The molecule has 10 heteroatoms. The number of hydrazone groups is 1. The minimum atomic E-state index is -4.67. The van der Waals surface area contributed by atoms with Gasteiger partial charge in [0.2, 0.25) is 11.7 Å². The molecule has 1 aliphatic rings. The van der Waals surface area contributed by atoms with Crippen LogP contribution < -0.4 is 10.2 Å². The molecule has 140 valence electrons. The molecule has 7 nitrogen and oxygen atoms in total. The molecule has 1 atom stereocenters. The number of halogens is 3. The summed E-state index contributed by atoms with van der Waals surface area (Å²) in [6.45, 7) is 1.44. The molecule has 1 aliphatic heterocycles. The van der Waals surface area contributed by atoms with Gasteiger partial charge in [-0.3, -0.25) is 9.36 Å². The Bertz CT molecular complexity index is 889. The fourth-order valence-electron chi connectivity index (χ4n) is 3.03. The molecule has 0 radical (unpaired) electrons. The summed E-state index contributed by atoms with van der Waals surface area (Å²) >= 11 is 0. The van der Waals surface area contributed by atoms with Crippen LogP contribution in [0.2, 0.25) is 0 Å². The number of carbonyl (C=O) groups is 1. The molecule has 1 unspecified atom stereocenters. The predicted molar refractivity (Wildman–Crippen MR) is 86.8 cm³/mol. The molecule has 0 fully saturated rings. The number of alkyl halides is 3. The first-order valence-electron chi connectivity index (χ1n) is 7.78. The van der Waals surface area contributed by atoms with E-state index in [-0.39, 0.29) is 41.8 Å². The van der Waals surface area contributed by atoms with E-state index >= 15 is 0 Å². The van der Waals surface area contributed by atoms with Gasteiger partial charge in [0.05, 0.1) is 12.8 Å². The SMILES string of the molecule is COCn1c(C(F)(F)F)nc2c(C3=NNC(=O)CC3C)ccc(OC)c21. The summed E-state index contributed by atoms with van der Waals surface area (Å²) in [6.07, 6.45) is -4.48. The second-order valence-electron chi connectivity index (χ2n) is 5.93. The van der Waals surface area contributed by atoms with Crippen molar-refractivity contribution in [2.75, 3.05) is 14.2 Å². The van der Waals surface area contributed by atoms with Crippen LogP contribution in [0.4, 0.5) is 13.2 Å². The largest absolute Gasteiger partial charge is 0.494 e. The molecule has 2 aromatic rings. The number of rotatable bonds is 4. The van der Waals surface area contributed by atoms with Crippen LogP contribution >= 0.6 is 0 Å². The number of nitrogens with zero attached hydrogens (tertiary/aromatic N) is 3. The van der Waals surface area contributed by atoms with Crippen molar-refractivity contribution in [2.45, 2.75) is 26.3 Å². The lowest BCUT2D eigenvalue weighted by molar-refractivity contribution is -0.148. The molecule has 0 saturated heterocycles. The number of methoxy groups -OCH3 is 2. The van der Waals surface area contributed by atoms with E-state index in [0.29, 0.717) is 11.3 Å². The number of imidazole rings is 1. The zero-order chi connectivity index (χ0) is 19.1. The van der Waals surface area contributed by atoms with E-state index in [9.17, 15) is 18.0 Å². The summed E-state index contributed by atoms with van der Waals surface area (Å²) < 4.78 is 51.5. The molecule has 0 spiro atoms. The predicted octanol–water partition coefficient (Wildman–Crippen LogP) is 2.53. The fourth-order valence-corrected chi connectivity index (χ4v) is 3.03. The van der Waals surface area contributed by atoms with Crippen LogP contribution in [-0.2, 0) is 22.4 Å². The second kappa shape index (κ2) is 6.60. The van der Waals surface area contributed by atoms with Gasteiger partial charge in [-0.2, -0.15) is 18.3 Å². The van der Waals surface area contributed by atoms with Gasteiger partial charge in [-0.05, 0) is 12.1 Å². The van der Waals surface area contributed by atoms with Crippen LogP contribution in [-0.4, -0.2) is 35.4 Å². The maximum absolute atomic E-state index is 13.5. The van der Waals surface area contributed by atoms with Gasteiger partial charge in [0, 0.05) is 25.0 Å². The van der Waals surface area contributed by atoms with Crippen LogP contribution in [0.1, 0.15) is 24.7 Å². The number of amides is 1. The third-order valence-electron chi connectivity index (χ3n) is 4.12. The number of aromatic nitrogens is 2. The smallest absolute Gasteiger partial charge is 0.449 e. The third kappa shape index (κ3) is 3.00. The van der Waals surface area contributed by atoms with E-state index in [1.165, 1.54) is 14.2 Å². The Kier molecular flexibility index (Phi) is 4.61. The Morgan fingerprint density at radius 2 is 2.08 bits per heavy atom. The van der Waals surface area contributed by atoms with Crippen LogP contribution in [0.5, 0.6) is 5.75 Å². The van der Waals surface area contributed by atoms with Gasteiger partial charge in [0.15, 0.2) is 0 Å². The van der Waals surface area contributed by atoms with Crippen molar-refractivity contribution in [1.82, 2.24) is 15.0 Å². The number of nitrogens with one attached hydrogen (secondary N) is 1. The zero-order valence-electron chi connectivity index (χ0n) is 14.3. The van der Waals surface area contributed by atoms with Crippen molar-refractivity contribution in [3.05, 3.63) is 23.5 Å². The first-order valence-corrected chi connectivity index (χ1v) is 7.78. The molecule has 1 aromatic carbocycles. The van der Waals surface area contributed by atoms with Gasteiger partial charge < -0.3 is 9.47 Å². The second-order valence-corrected chi connectivity index (χ2v) is 5.93. The third-order valence-corrected chi connectivity index (χ3v) is 4.12. The van der Waals surface area contributed by atoms with E-state index in [0.717, 1.165) is 4.57 Å². The van der Waals surface area contributed by atoms with Crippen LogP contribution in [0.15, 0.2) is 17.2 Å². The Balaban J connectivity index is 2.32. The fraction of sp³-hybridized carbons (Fsp3) is 0.438. The molecule has 0 saturated carbocycles. The summed E-state index contributed by atoms with van der Waals surface area (Å²) in [5.74, 6) is -1.36. The van der Waals surface area contributed by atoms with Gasteiger partial charge in [-0.25, -0.2) is 10.4 Å². The molecule has 1 amide bonds. The molecular weight excluding hydrogens is 353 g/mol. The summed E-state index contributed by atoms with van der Waals surface area (Å²) in [5.41, 5.74) is 3.50. The molecule has 1 N–H and O–H groups in total. The minimum absolute atomic E-state index is 0.0930. The Labute approximate surface area is 146 Å². The molecule has 0 aliphatic carbocycles. The first-order chi connectivity index (χ1) is 12.3. The van der Waals surface area contributed by atoms with Gasteiger partial charge in [0.25, 0.3) is 0 Å². The van der Waals surface area contributed by atoms with Gasteiger partial charge in [-0.15, -0.1) is 0 Å². The summed E-state index contributed by atoms with van der Waals surface area (Å²) in [6, 6.07) is 3.15. The van der Waals surface area contributed by atoms with E-state index in [1.54, 1.807) is 19.1 Å². The van der Waals surface area contributed by atoms with Crippen molar-refractivity contribution < 1.29 is 27.4 Å². The standard InChI is InChI=1S/C16H17F3N4O3/c1-8-6-11(24)21-22-12(8)9-4-5-10(26-3)14-13(9)20-15(16(17,18)19)23(14)7-25-2/h4-5,8H,6-7H2,1-3H3,(H,21,24). The van der Waals surface area contributed by atoms with Gasteiger partial charge in [-0.1, -0.05) is 6.92 Å². The van der Waals surface area contributed by atoms with Crippen LogP contribution in [0.25, 0.3) is 11.0 Å². The average molecular weight is 370 g/mol. The van der Waals surface area contributed by atoms with E-state index in [1.807, 2.05) is 0 Å². The lowest BCUT2D eigenvalue weighted by atomic mass is 9.93. The monoisotopic (exact) mass is 370 g/mol. The van der Waals surface area contributed by atoms with Crippen LogP contribution in [0, 0.1) is 5.92 Å². The van der Waals surface area contributed by atoms with Crippen molar-refractivity contribution in [1.29, 1.82) is 0 Å². The number of carbonyl (C=O) groups excluding carboxylic acids is 1. The highest BCUT2D eigenvalue weighted by molar-refractivity contribution is 6.13. The number of benzene rings is 1. The van der Waals surface area contributed by atoms with Crippen molar-refractivity contribution >= 4 is 22.7 Å². The van der Waals surface area contributed by atoms with Crippen molar-refractivity contribution in [3.8, 4) is 5.75 Å². The highest BCUT2D eigenvalue weighted by atomic mass is 19.4. The number of ether oxygens (including phenoxy) is 2. The molecule has 3 rings (SSSR count). The first kappa shape index (κ1) is 18.2. The highest BCUT2D eigenvalue weighted by Crippen LogP contribution is 2.37. The van der Waals surface area contributed by atoms with E-state index in [4.69, 9.17) is 9.47 Å². The molecule has 1 aromatic heterocycles. The summed E-state index contributed by atoms with van der Waals surface area (Å²) in [4.78, 5) is 15.3. The lowest BCUT2D eigenvalue weighted by Crippen LogP contribution is -2.32. The topological polar surface area (TPSA) is 77.7 Å². The Morgan fingerprint density at radius 1 is 1.35 bits per heavy atom. The summed E-state index contributed by atoms with van der Waals surface area (Å²) in [7, 11) is 2.66. The Hall–Kier alpha value is -2.62. The van der Waals surface area contributed by atoms with Crippen molar-refractivity contribution in [3.63, 3.8) is 0 Å². The van der Waals surface area contributed by atoms with E-state index in [2.05, 4.69) is 15.5 Å². The van der Waals surface area contributed by atoms with Gasteiger partial charge in [0.1, 0.15) is 23.5 Å². The minimum Gasteiger partial charge on any atom is -0.494 e. The van der Waals surface area contributed by atoms with Gasteiger partial charge >= 0.3 is 6.18 Å². The lowest BCUT2D eigenvalue weighted by Gasteiger charge is -2.20. The van der Waals surface area contributed by atoms with E-state index < -0.39 is 12.0 Å². The number of hydrogen-bond acceptors (Lipinski definition) is 5. The molecule has 26 heavy (non-hydrogen) atoms. The highest BCUT2D eigenvalue weighted by Gasteiger charge is 2.39. The Morgan fingerprint density at radius 3 is 2.65 bits per heavy atom. The van der Waals surface area contributed by atoms with Crippen molar-refractivity contribution in [2.24, 2.45) is 11.0 Å².